The summed E-state index contributed by atoms with van der Waals surface area (Å²) >= 11 is 0. The molecule has 3 aromatic rings. The molecule has 0 atom stereocenters. The van der Waals surface area contributed by atoms with Gasteiger partial charge in [0.2, 0.25) is 5.91 Å². The van der Waals surface area contributed by atoms with E-state index in [1.165, 1.54) is 6.07 Å². The van der Waals surface area contributed by atoms with Gasteiger partial charge >= 0.3 is 11.7 Å². The van der Waals surface area contributed by atoms with Crippen LogP contribution in [0.3, 0.4) is 0 Å². The molecule has 0 spiro atoms. The minimum atomic E-state index is -0.560. The van der Waals surface area contributed by atoms with Crippen LogP contribution in [0.1, 0.15) is 23.6 Å². The fraction of sp³-hybridized carbons (Fsp3) is 0.346. The predicted octanol–water partition coefficient (Wildman–Crippen LogP) is 3.56. The average molecular weight is 464 g/mol. The number of nitrogens with one attached hydrogen (secondary N) is 1. The zero-order valence-electron chi connectivity index (χ0n) is 19.5. The lowest BCUT2D eigenvalue weighted by atomic mass is 10.0. The van der Waals surface area contributed by atoms with Gasteiger partial charge in [-0.25, -0.2) is 9.59 Å². The van der Waals surface area contributed by atoms with E-state index >= 15 is 0 Å². The molecule has 0 unspecified atom stereocenters. The molecule has 1 saturated heterocycles. The highest BCUT2D eigenvalue weighted by molar-refractivity contribution is 5.90. The van der Waals surface area contributed by atoms with Crippen molar-refractivity contribution in [1.29, 1.82) is 0 Å². The largest absolute Gasteiger partial charge is 0.450 e. The normalized spacial score (nSPS) is 14.2. The first kappa shape index (κ1) is 23.5. The van der Waals surface area contributed by atoms with Crippen molar-refractivity contribution in [3.8, 4) is 0 Å². The zero-order valence-corrected chi connectivity index (χ0v) is 19.5. The standard InChI is InChI=1S/C26H29N3O5/c1-3-33-26(32)27-21-8-9-22-20(15-25(31)34-23(22)16-21)17-28-10-12-29(13-11-28)24(30)14-19-7-5-4-6-18(19)2/h4-9,15-16H,3,10-14,17H2,1-2H3,(H,27,32). The predicted molar refractivity (Wildman–Crippen MR) is 130 cm³/mol. The van der Waals surface area contributed by atoms with E-state index < -0.39 is 11.7 Å². The van der Waals surface area contributed by atoms with Crippen LogP contribution < -0.4 is 10.9 Å². The van der Waals surface area contributed by atoms with E-state index in [1.54, 1.807) is 19.1 Å². The second-order valence-electron chi connectivity index (χ2n) is 8.41. The number of ether oxygens (including phenoxy) is 1. The summed E-state index contributed by atoms with van der Waals surface area (Å²) in [6.07, 6.45) is -0.144. The summed E-state index contributed by atoms with van der Waals surface area (Å²) in [5.41, 5.74) is 3.51. The van der Waals surface area contributed by atoms with Gasteiger partial charge in [-0.05, 0) is 42.7 Å². The molecule has 1 aliphatic heterocycles. The Hall–Kier alpha value is -3.65. The molecule has 1 fully saturated rings. The third-order valence-electron chi connectivity index (χ3n) is 6.07. The molecule has 1 N–H and O–H groups in total. The summed E-state index contributed by atoms with van der Waals surface area (Å²) < 4.78 is 10.3. The Balaban J connectivity index is 1.40. The van der Waals surface area contributed by atoms with Crippen LogP contribution in [0.15, 0.2) is 57.7 Å². The van der Waals surface area contributed by atoms with Gasteiger partial charge in [0.15, 0.2) is 0 Å². The number of piperazine rings is 1. The maximum Gasteiger partial charge on any atom is 0.411 e. The minimum absolute atomic E-state index is 0.140. The van der Waals surface area contributed by atoms with Crippen molar-refractivity contribution in [2.45, 2.75) is 26.8 Å². The first-order valence-corrected chi connectivity index (χ1v) is 11.5. The lowest BCUT2D eigenvalue weighted by molar-refractivity contribution is -0.132. The van der Waals surface area contributed by atoms with Gasteiger partial charge in [0.1, 0.15) is 5.58 Å². The van der Waals surface area contributed by atoms with Crippen LogP contribution in [0.25, 0.3) is 11.0 Å². The van der Waals surface area contributed by atoms with E-state index in [2.05, 4.69) is 10.2 Å². The first-order chi connectivity index (χ1) is 16.4. The Morgan fingerprint density at radius 2 is 1.79 bits per heavy atom. The molecule has 0 bridgehead atoms. The molecule has 34 heavy (non-hydrogen) atoms. The number of aryl methyl sites for hydroxylation is 1. The molecule has 2 amide bonds. The maximum atomic E-state index is 12.8. The van der Waals surface area contributed by atoms with Crippen LogP contribution in [-0.2, 0) is 22.5 Å². The van der Waals surface area contributed by atoms with Gasteiger partial charge in [-0.1, -0.05) is 24.3 Å². The fourth-order valence-electron chi connectivity index (χ4n) is 4.20. The summed E-state index contributed by atoms with van der Waals surface area (Å²) in [6.45, 7) is 7.35. The number of fused-ring (bicyclic) bond motifs is 1. The molecular weight excluding hydrogens is 434 g/mol. The molecule has 4 rings (SSSR count). The lowest BCUT2D eigenvalue weighted by Crippen LogP contribution is -2.48. The number of hydrogen-bond donors (Lipinski definition) is 1. The van der Waals surface area contributed by atoms with E-state index in [1.807, 2.05) is 42.2 Å². The van der Waals surface area contributed by atoms with Gasteiger partial charge in [-0.2, -0.15) is 0 Å². The lowest BCUT2D eigenvalue weighted by Gasteiger charge is -2.35. The van der Waals surface area contributed by atoms with Gasteiger partial charge in [-0.15, -0.1) is 0 Å². The molecule has 2 aromatic carbocycles. The van der Waals surface area contributed by atoms with Gasteiger partial charge in [0.05, 0.1) is 13.0 Å². The minimum Gasteiger partial charge on any atom is -0.450 e. The van der Waals surface area contributed by atoms with Crippen molar-refractivity contribution in [2.75, 3.05) is 38.1 Å². The number of benzene rings is 2. The SMILES string of the molecule is CCOC(=O)Nc1ccc2c(CN3CCN(C(=O)Cc4ccccc4C)CC3)cc(=O)oc2c1. The van der Waals surface area contributed by atoms with Crippen LogP contribution in [0.2, 0.25) is 0 Å². The smallest absolute Gasteiger partial charge is 0.411 e. The summed E-state index contributed by atoms with van der Waals surface area (Å²) in [5.74, 6) is 0.140. The second-order valence-corrected chi connectivity index (χ2v) is 8.41. The van der Waals surface area contributed by atoms with E-state index in [-0.39, 0.29) is 12.5 Å². The van der Waals surface area contributed by atoms with E-state index in [4.69, 9.17) is 9.15 Å². The Bertz CT molecular complexity index is 1240. The highest BCUT2D eigenvalue weighted by Crippen LogP contribution is 2.23. The molecule has 8 heteroatoms. The summed E-state index contributed by atoms with van der Waals surface area (Å²) in [7, 11) is 0. The molecule has 8 nitrogen and oxygen atoms in total. The van der Waals surface area contributed by atoms with Crippen molar-refractivity contribution >= 4 is 28.7 Å². The second kappa shape index (κ2) is 10.5. The molecule has 0 saturated carbocycles. The third kappa shape index (κ3) is 5.63. The number of nitrogens with zero attached hydrogens (tertiary/aromatic N) is 2. The number of anilines is 1. The molecule has 2 heterocycles. The van der Waals surface area contributed by atoms with Crippen LogP contribution in [-0.4, -0.2) is 54.6 Å². The van der Waals surface area contributed by atoms with E-state index in [9.17, 15) is 14.4 Å². The summed E-state index contributed by atoms with van der Waals surface area (Å²) in [6, 6.07) is 14.7. The van der Waals surface area contributed by atoms with Crippen LogP contribution >= 0.6 is 0 Å². The van der Waals surface area contributed by atoms with Crippen molar-refractivity contribution < 1.29 is 18.7 Å². The fourth-order valence-corrected chi connectivity index (χ4v) is 4.20. The van der Waals surface area contributed by atoms with Gasteiger partial charge in [-0.3, -0.25) is 15.0 Å². The molecule has 0 aliphatic carbocycles. The monoisotopic (exact) mass is 463 g/mol. The number of carbonyl (C=O) groups is 2. The summed E-state index contributed by atoms with van der Waals surface area (Å²) in [4.78, 5) is 40.8. The maximum absolute atomic E-state index is 12.8. The van der Waals surface area contributed by atoms with Crippen LogP contribution in [0.4, 0.5) is 10.5 Å². The zero-order chi connectivity index (χ0) is 24.1. The Morgan fingerprint density at radius 1 is 1.03 bits per heavy atom. The Kier molecular flexibility index (Phi) is 7.27. The quantitative estimate of drug-likeness (QED) is 0.562. The molecular formula is C26H29N3O5. The van der Waals surface area contributed by atoms with Crippen molar-refractivity contribution in [1.82, 2.24) is 9.80 Å². The van der Waals surface area contributed by atoms with Crippen molar-refractivity contribution in [3.05, 3.63) is 75.6 Å². The number of carbonyl (C=O) groups excluding carboxylic acids is 2. The highest BCUT2D eigenvalue weighted by Gasteiger charge is 2.22. The third-order valence-corrected chi connectivity index (χ3v) is 6.07. The first-order valence-electron chi connectivity index (χ1n) is 11.5. The van der Waals surface area contributed by atoms with Gasteiger partial charge in [0, 0.05) is 55.9 Å². The molecule has 1 aliphatic rings. The van der Waals surface area contributed by atoms with Gasteiger partial charge in [0.25, 0.3) is 0 Å². The average Bonchev–Trinajstić information content (AvgIpc) is 2.81. The van der Waals surface area contributed by atoms with Crippen LogP contribution in [0.5, 0.6) is 0 Å². The highest BCUT2D eigenvalue weighted by atomic mass is 16.5. The number of rotatable bonds is 6. The Labute approximate surface area is 198 Å². The van der Waals surface area contributed by atoms with E-state index in [0.29, 0.717) is 37.3 Å². The van der Waals surface area contributed by atoms with Gasteiger partial charge < -0.3 is 14.1 Å². The number of hydrogen-bond acceptors (Lipinski definition) is 6. The molecule has 1 aromatic heterocycles. The molecule has 0 radical (unpaired) electrons. The van der Waals surface area contributed by atoms with E-state index in [0.717, 1.165) is 35.2 Å². The number of amides is 2. The molecule has 178 valence electrons. The topological polar surface area (TPSA) is 92.1 Å². The summed E-state index contributed by atoms with van der Waals surface area (Å²) in [5, 5.41) is 3.43. The van der Waals surface area contributed by atoms with Crippen molar-refractivity contribution in [3.63, 3.8) is 0 Å². The van der Waals surface area contributed by atoms with Crippen molar-refractivity contribution in [2.24, 2.45) is 0 Å². The van der Waals surface area contributed by atoms with Crippen LogP contribution in [0, 0.1) is 6.92 Å². The Morgan fingerprint density at radius 3 is 2.53 bits per heavy atom.